The Hall–Kier alpha value is -1.07. The molecule has 2 rings (SSSR count). The second-order valence-corrected chi connectivity index (χ2v) is 5.11. The quantitative estimate of drug-likeness (QED) is 0.856. The van der Waals surface area contributed by atoms with E-state index in [2.05, 4.69) is 15.9 Å². The third-order valence-electron chi connectivity index (χ3n) is 2.85. The maximum Gasteiger partial charge on any atom is 0.260 e. The van der Waals surface area contributed by atoms with Gasteiger partial charge >= 0.3 is 0 Å². The van der Waals surface area contributed by atoms with Crippen LogP contribution in [-0.2, 0) is 9.53 Å². The Kier molecular flexibility index (Phi) is 4.60. The summed E-state index contributed by atoms with van der Waals surface area (Å²) in [5.74, 6) is 0.764. The fourth-order valence-electron chi connectivity index (χ4n) is 1.82. The number of halogens is 1. The Bertz CT molecular complexity index is 430. The molecule has 0 N–H and O–H groups in total. The van der Waals surface area contributed by atoms with Gasteiger partial charge in [-0.2, -0.15) is 0 Å². The van der Waals surface area contributed by atoms with Gasteiger partial charge in [0.2, 0.25) is 0 Å². The van der Waals surface area contributed by atoms with Gasteiger partial charge in [0.05, 0.1) is 13.2 Å². The molecule has 1 fully saturated rings. The van der Waals surface area contributed by atoms with Crippen LogP contribution < -0.4 is 4.74 Å². The Labute approximate surface area is 115 Å². The van der Waals surface area contributed by atoms with Crippen LogP contribution >= 0.6 is 15.9 Å². The Morgan fingerprint density at radius 3 is 2.83 bits per heavy atom. The summed E-state index contributed by atoms with van der Waals surface area (Å²) in [6.07, 6.45) is 0. The summed E-state index contributed by atoms with van der Waals surface area (Å²) in [4.78, 5) is 13.7. The molecule has 0 spiro atoms. The lowest BCUT2D eigenvalue weighted by molar-refractivity contribution is -0.137. The van der Waals surface area contributed by atoms with Crippen molar-refractivity contribution < 1.29 is 14.3 Å². The second kappa shape index (κ2) is 6.20. The van der Waals surface area contributed by atoms with Crippen LogP contribution in [0.15, 0.2) is 22.7 Å². The molecule has 1 amide bonds. The molecule has 1 saturated heterocycles. The van der Waals surface area contributed by atoms with E-state index in [4.69, 9.17) is 9.47 Å². The number of nitrogens with zero attached hydrogens (tertiary/aromatic N) is 1. The summed E-state index contributed by atoms with van der Waals surface area (Å²) in [5, 5.41) is 0. The van der Waals surface area contributed by atoms with Crippen molar-refractivity contribution in [3.63, 3.8) is 0 Å². The Morgan fingerprint density at radius 2 is 2.17 bits per heavy atom. The van der Waals surface area contributed by atoms with Crippen molar-refractivity contribution in [2.24, 2.45) is 0 Å². The number of amides is 1. The number of carbonyl (C=O) groups is 1. The summed E-state index contributed by atoms with van der Waals surface area (Å²) in [5.41, 5.74) is 1.01. The number of morpholine rings is 1. The molecular weight excluding hydrogens is 298 g/mol. The van der Waals surface area contributed by atoms with Gasteiger partial charge in [-0.3, -0.25) is 4.79 Å². The highest BCUT2D eigenvalue weighted by Crippen LogP contribution is 2.22. The molecule has 0 atom stereocenters. The Morgan fingerprint density at radius 1 is 1.44 bits per heavy atom. The lowest BCUT2D eigenvalue weighted by Crippen LogP contribution is -2.43. The lowest BCUT2D eigenvalue weighted by Gasteiger charge is -2.26. The summed E-state index contributed by atoms with van der Waals surface area (Å²) in [6, 6.07) is 5.74. The van der Waals surface area contributed by atoms with E-state index in [1.54, 1.807) is 4.90 Å². The third kappa shape index (κ3) is 3.46. The number of rotatable bonds is 3. The molecule has 0 radical (unpaired) electrons. The van der Waals surface area contributed by atoms with E-state index in [0.717, 1.165) is 15.8 Å². The smallest absolute Gasteiger partial charge is 0.260 e. The minimum absolute atomic E-state index is 0.0145. The SMILES string of the molecule is Cc1cc(Br)ccc1OCC(=O)N1CCOCC1. The number of carbonyl (C=O) groups excluding carboxylic acids is 1. The number of hydrogen-bond donors (Lipinski definition) is 0. The van der Waals surface area contributed by atoms with Gasteiger partial charge in [-0.15, -0.1) is 0 Å². The topological polar surface area (TPSA) is 38.8 Å². The first kappa shape index (κ1) is 13.4. The van der Waals surface area contributed by atoms with Crippen molar-refractivity contribution in [1.29, 1.82) is 0 Å². The molecule has 1 aliphatic rings. The fourth-order valence-corrected chi connectivity index (χ4v) is 2.29. The molecule has 0 aromatic heterocycles. The highest BCUT2D eigenvalue weighted by Gasteiger charge is 2.17. The fraction of sp³-hybridized carbons (Fsp3) is 0.462. The second-order valence-electron chi connectivity index (χ2n) is 4.19. The summed E-state index contributed by atoms with van der Waals surface area (Å²) < 4.78 is 11.8. The van der Waals surface area contributed by atoms with Crippen LogP contribution in [0.5, 0.6) is 5.75 Å². The van der Waals surface area contributed by atoms with Crippen molar-refractivity contribution in [2.45, 2.75) is 6.92 Å². The first-order valence-corrected chi connectivity index (χ1v) is 6.70. The molecule has 98 valence electrons. The summed E-state index contributed by atoms with van der Waals surface area (Å²) in [6.45, 7) is 4.58. The van der Waals surface area contributed by atoms with E-state index in [0.29, 0.717) is 26.3 Å². The van der Waals surface area contributed by atoms with Gasteiger partial charge in [0.1, 0.15) is 5.75 Å². The molecule has 0 aliphatic carbocycles. The molecular formula is C13H16BrNO3. The summed E-state index contributed by atoms with van der Waals surface area (Å²) >= 11 is 3.39. The zero-order chi connectivity index (χ0) is 13.0. The van der Waals surface area contributed by atoms with E-state index < -0.39 is 0 Å². The van der Waals surface area contributed by atoms with Crippen molar-refractivity contribution in [3.8, 4) is 5.75 Å². The van der Waals surface area contributed by atoms with Crippen LogP contribution in [0.4, 0.5) is 0 Å². The molecule has 4 nitrogen and oxygen atoms in total. The largest absolute Gasteiger partial charge is 0.483 e. The molecule has 1 aromatic carbocycles. The van der Waals surface area contributed by atoms with Gasteiger partial charge in [0, 0.05) is 17.6 Å². The van der Waals surface area contributed by atoms with E-state index in [1.165, 1.54) is 0 Å². The number of hydrogen-bond acceptors (Lipinski definition) is 3. The van der Waals surface area contributed by atoms with Crippen molar-refractivity contribution in [1.82, 2.24) is 4.90 Å². The van der Waals surface area contributed by atoms with Crippen LogP contribution in [0, 0.1) is 6.92 Å². The molecule has 1 aliphatic heterocycles. The van der Waals surface area contributed by atoms with E-state index in [-0.39, 0.29) is 12.5 Å². The zero-order valence-corrected chi connectivity index (χ0v) is 11.9. The van der Waals surface area contributed by atoms with Crippen LogP contribution in [0.2, 0.25) is 0 Å². The van der Waals surface area contributed by atoms with Gasteiger partial charge in [-0.05, 0) is 30.7 Å². The molecule has 0 unspecified atom stereocenters. The van der Waals surface area contributed by atoms with Crippen molar-refractivity contribution >= 4 is 21.8 Å². The van der Waals surface area contributed by atoms with Crippen LogP contribution in [0.3, 0.4) is 0 Å². The number of ether oxygens (including phenoxy) is 2. The molecule has 0 bridgehead atoms. The molecule has 0 saturated carbocycles. The van der Waals surface area contributed by atoms with Gasteiger partial charge in [0.15, 0.2) is 6.61 Å². The predicted octanol–water partition coefficient (Wildman–Crippen LogP) is 2.00. The zero-order valence-electron chi connectivity index (χ0n) is 10.3. The summed E-state index contributed by atoms with van der Waals surface area (Å²) in [7, 11) is 0. The Balaban J connectivity index is 1.88. The average Bonchev–Trinajstić information content (AvgIpc) is 2.38. The maximum atomic E-state index is 11.9. The van der Waals surface area contributed by atoms with Gasteiger partial charge in [-0.1, -0.05) is 15.9 Å². The van der Waals surface area contributed by atoms with Gasteiger partial charge in [-0.25, -0.2) is 0 Å². The number of aryl methyl sites for hydroxylation is 1. The van der Waals surface area contributed by atoms with E-state index >= 15 is 0 Å². The first-order chi connectivity index (χ1) is 8.66. The van der Waals surface area contributed by atoms with Gasteiger partial charge in [0.25, 0.3) is 5.91 Å². The van der Waals surface area contributed by atoms with Crippen LogP contribution in [0.1, 0.15) is 5.56 Å². The lowest BCUT2D eigenvalue weighted by atomic mass is 10.2. The highest BCUT2D eigenvalue weighted by molar-refractivity contribution is 9.10. The molecule has 5 heteroatoms. The normalized spacial score (nSPS) is 15.6. The minimum atomic E-state index is 0.0145. The third-order valence-corrected chi connectivity index (χ3v) is 3.35. The van der Waals surface area contributed by atoms with Crippen molar-refractivity contribution in [2.75, 3.05) is 32.9 Å². The first-order valence-electron chi connectivity index (χ1n) is 5.91. The van der Waals surface area contributed by atoms with Crippen molar-refractivity contribution in [3.05, 3.63) is 28.2 Å². The maximum absolute atomic E-state index is 11.9. The van der Waals surface area contributed by atoms with E-state index in [1.807, 2.05) is 25.1 Å². The highest BCUT2D eigenvalue weighted by atomic mass is 79.9. The molecule has 1 aromatic rings. The molecule has 1 heterocycles. The van der Waals surface area contributed by atoms with Crippen LogP contribution in [0.25, 0.3) is 0 Å². The minimum Gasteiger partial charge on any atom is -0.483 e. The standard InChI is InChI=1S/C13H16BrNO3/c1-10-8-11(14)2-3-12(10)18-9-13(16)15-4-6-17-7-5-15/h2-3,8H,4-7,9H2,1H3. The van der Waals surface area contributed by atoms with Gasteiger partial charge < -0.3 is 14.4 Å². The monoisotopic (exact) mass is 313 g/mol. The molecule has 18 heavy (non-hydrogen) atoms. The van der Waals surface area contributed by atoms with E-state index in [9.17, 15) is 4.79 Å². The predicted molar refractivity (Wildman–Crippen MR) is 71.8 cm³/mol. The average molecular weight is 314 g/mol. The number of benzene rings is 1. The van der Waals surface area contributed by atoms with Crippen LogP contribution in [-0.4, -0.2) is 43.7 Å².